The maximum absolute atomic E-state index is 15.0. The second kappa shape index (κ2) is 6.80. The lowest BCUT2D eigenvalue weighted by atomic mass is 10.1. The maximum Gasteiger partial charge on any atom is 0.171 e. The highest BCUT2D eigenvalue weighted by Crippen LogP contribution is 2.35. The van der Waals surface area contributed by atoms with E-state index in [2.05, 4.69) is 20.4 Å². The van der Waals surface area contributed by atoms with E-state index in [0.717, 1.165) is 16.9 Å². The summed E-state index contributed by atoms with van der Waals surface area (Å²) in [5.74, 6) is 0.564. The standard InChI is InChI=1S/C20H19FN6O/c1-11-7-8-12(9-15(11)28-3)18-16-19(22)24-10-25-20(16)27(26-18)14-6-4-5-13(23-2)17(14)21/h4-10,23H,1-3H3,(H2,22,24,25). The molecule has 0 atom stereocenters. The zero-order chi connectivity index (χ0) is 19.8. The summed E-state index contributed by atoms with van der Waals surface area (Å²) in [5.41, 5.74) is 9.52. The number of rotatable bonds is 4. The molecular weight excluding hydrogens is 359 g/mol. The Morgan fingerprint density at radius 2 is 2.00 bits per heavy atom. The molecule has 0 spiro atoms. The van der Waals surface area contributed by atoms with Gasteiger partial charge in [-0.25, -0.2) is 19.0 Å². The van der Waals surface area contributed by atoms with Crippen molar-refractivity contribution in [1.82, 2.24) is 19.7 Å². The normalized spacial score (nSPS) is 11.0. The lowest BCUT2D eigenvalue weighted by molar-refractivity contribution is 0.412. The maximum atomic E-state index is 15.0. The number of aromatic nitrogens is 4. The van der Waals surface area contributed by atoms with Gasteiger partial charge in [0.2, 0.25) is 0 Å². The number of halogens is 1. The molecule has 0 unspecified atom stereocenters. The zero-order valence-corrected chi connectivity index (χ0v) is 15.7. The smallest absolute Gasteiger partial charge is 0.171 e. The number of methoxy groups -OCH3 is 1. The van der Waals surface area contributed by atoms with Crippen molar-refractivity contribution in [1.29, 1.82) is 0 Å². The fourth-order valence-electron chi connectivity index (χ4n) is 3.19. The third-order valence-corrected chi connectivity index (χ3v) is 4.65. The quantitative estimate of drug-likeness (QED) is 0.564. The minimum absolute atomic E-state index is 0.264. The first-order valence-corrected chi connectivity index (χ1v) is 8.66. The van der Waals surface area contributed by atoms with Crippen molar-refractivity contribution in [3.8, 4) is 22.7 Å². The van der Waals surface area contributed by atoms with Crippen LogP contribution < -0.4 is 15.8 Å². The van der Waals surface area contributed by atoms with Crippen LogP contribution in [0.15, 0.2) is 42.7 Å². The fourth-order valence-corrected chi connectivity index (χ4v) is 3.19. The Labute approximate surface area is 161 Å². The summed E-state index contributed by atoms with van der Waals surface area (Å²) in [6, 6.07) is 10.8. The number of nitrogens with two attached hydrogens (primary N) is 1. The molecular formula is C20H19FN6O. The zero-order valence-electron chi connectivity index (χ0n) is 15.7. The molecule has 28 heavy (non-hydrogen) atoms. The highest BCUT2D eigenvalue weighted by molar-refractivity contribution is 5.99. The molecule has 2 aromatic heterocycles. The van der Waals surface area contributed by atoms with Gasteiger partial charge in [0.15, 0.2) is 11.5 Å². The van der Waals surface area contributed by atoms with E-state index in [9.17, 15) is 4.39 Å². The van der Waals surface area contributed by atoms with Crippen LogP contribution >= 0.6 is 0 Å². The van der Waals surface area contributed by atoms with Gasteiger partial charge in [0.05, 0.1) is 18.2 Å². The molecule has 0 aliphatic carbocycles. The molecule has 0 saturated carbocycles. The molecule has 0 bridgehead atoms. The lowest BCUT2D eigenvalue weighted by Crippen LogP contribution is -2.04. The van der Waals surface area contributed by atoms with Gasteiger partial charge in [-0.1, -0.05) is 18.2 Å². The van der Waals surface area contributed by atoms with Crippen LogP contribution in [-0.2, 0) is 0 Å². The molecule has 4 aromatic rings. The molecule has 0 amide bonds. The van der Waals surface area contributed by atoms with Crippen LogP contribution in [0.4, 0.5) is 15.9 Å². The van der Waals surface area contributed by atoms with E-state index in [0.29, 0.717) is 22.4 Å². The van der Waals surface area contributed by atoms with Gasteiger partial charge in [-0.05, 0) is 30.7 Å². The monoisotopic (exact) mass is 378 g/mol. The molecule has 3 N–H and O–H groups in total. The molecule has 0 radical (unpaired) electrons. The van der Waals surface area contributed by atoms with Gasteiger partial charge in [0.1, 0.15) is 29.3 Å². The highest BCUT2D eigenvalue weighted by Gasteiger charge is 2.21. The summed E-state index contributed by atoms with van der Waals surface area (Å²) in [6.45, 7) is 1.95. The fraction of sp³-hybridized carbons (Fsp3) is 0.150. The van der Waals surface area contributed by atoms with Crippen molar-refractivity contribution in [2.75, 3.05) is 25.2 Å². The lowest BCUT2D eigenvalue weighted by Gasteiger charge is -2.08. The molecule has 8 heteroatoms. The molecule has 0 aliphatic rings. The predicted octanol–water partition coefficient (Wildman–Crippen LogP) is 3.56. The van der Waals surface area contributed by atoms with Crippen molar-refractivity contribution in [2.24, 2.45) is 0 Å². The van der Waals surface area contributed by atoms with Crippen molar-refractivity contribution in [3.63, 3.8) is 0 Å². The summed E-state index contributed by atoms with van der Waals surface area (Å²) in [6.07, 6.45) is 1.34. The number of ether oxygens (including phenoxy) is 1. The van der Waals surface area contributed by atoms with Gasteiger partial charge in [-0.2, -0.15) is 5.10 Å². The molecule has 2 heterocycles. The molecule has 142 valence electrons. The Hall–Kier alpha value is -3.68. The number of nitrogens with zero attached hydrogens (tertiary/aromatic N) is 4. The average molecular weight is 378 g/mol. The molecule has 0 saturated heterocycles. The molecule has 2 aromatic carbocycles. The highest BCUT2D eigenvalue weighted by atomic mass is 19.1. The van der Waals surface area contributed by atoms with Crippen LogP contribution in [-0.4, -0.2) is 33.9 Å². The van der Waals surface area contributed by atoms with E-state index in [4.69, 9.17) is 10.5 Å². The largest absolute Gasteiger partial charge is 0.496 e. The van der Waals surface area contributed by atoms with Gasteiger partial charge in [0, 0.05) is 12.6 Å². The van der Waals surface area contributed by atoms with E-state index in [1.54, 1.807) is 32.4 Å². The molecule has 0 fully saturated rings. The Balaban J connectivity index is 2.03. The molecule has 7 nitrogen and oxygen atoms in total. The third kappa shape index (κ3) is 2.70. The van der Waals surface area contributed by atoms with E-state index in [1.807, 2.05) is 25.1 Å². The van der Waals surface area contributed by atoms with E-state index in [-0.39, 0.29) is 11.5 Å². The first-order valence-electron chi connectivity index (χ1n) is 8.66. The van der Waals surface area contributed by atoms with E-state index >= 15 is 0 Å². The van der Waals surface area contributed by atoms with Crippen LogP contribution in [0.1, 0.15) is 5.56 Å². The average Bonchev–Trinajstić information content (AvgIpc) is 3.09. The first kappa shape index (κ1) is 17.7. The topological polar surface area (TPSA) is 90.9 Å². The second-order valence-corrected chi connectivity index (χ2v) is 6.29. The first-order chi connectivity index (χ1) is 13.5. The number of anilines is 2. The summed E-state index contributed by atoms with van der Waals surface area (Å²) >= 11 is 0. The van der Waals surface area contributed by atoms with Crippen molar-refractivity contribution < 1.29 is 9.13 Å². The van der Waals surface area contributed by atoms with Gasteiger partial charge >= 0.3 is 0 Å². The van der Waals surface area contributed by atoms with Gasteiger partial charge in [0.25, 0.3) is 0 Å². The number of hydrogen-bond acceptors (Lipinski definition) is 6. The molecule has 0 aliphatic heterocycles. The third-order valence-electron chi connectivity index (χ3n) is 4.65. The summed E-state index contributed by atoms with van der Waals surface area (Å²) in [7, 11) is 3.27. The number of hydrogen-bond donors (Lipinski definition) is 2. The summed E-state index contributed by atoms with van der Waals surface area (Å²) in [5, 5.41) is 8.04. The van der Waals surface area contributed by atoms with Crippen LogP contribution in [0.3, 0.4) is 0 Å². The molecule has 4 rings (SSSR count). The summed E-state index contributed by atoms with van der Waals surface area (Å²) in [4.78, 5) is 8.41. The van der Waals surface area contributed by atoms with E-state index < -0.39 is 5.82 Å². The minimum atomic E-state index is -0.431. The number of benzene rings is 2. The minimum Gasteiger partial charge on any atom is -0.496 e. The van der Waals surface area contributed by atoms with Crippen molar-refractivity contribution in [2.45, 2.75) is 6.92 Å². The van der Waals surface area contributed by atoms with Crippen molar-refractivity contribution >= 4 is 22.5 Å². The number of fused-ring (bicyclic) bond motifs is 1. The van der Waals surface area contributed by atoms with E-state index in [1.165, 1.54) is 11.0 Å². The Bertz CT molecular complexity index is 1190. The Morgan fingerprint density at radius 1 is 1.18 bits per heavy atom. The van der Waals surface area contributed by atoms with Crippen LogP contribution in [0, 0.1) is 12.7 Å². The second-order valence-electron chi connectivity index (χ2n) is 6.29. The number of nitrogens with one attached hydrogen (secondary N) is 1. The summed E-state index contributed by atoms with van der Waals surface area (Å²) < 4.78 is 21.8. The van der Waals surface area contributed by atoms with Gasteiger partial charge < -0.3 is 15.8 Å². The van der Waals surface area contributed by atoms with Crippen LogP contribution in [0.2, 0.25) is 0 Å². The van der Waals surface area contributed by atoms with Crippen LogP contribution in [0.5, 0.6) is 5.75 Å². The van der Waals surface area contributed by atoms with Gasteiger partial charge in [-0.15, -0.1) is 0 Å². The number of aryl methyl sites for hydroxylation is 1. The SMILES string of the molecule is CNc1cccc(-n2nc(-c3ccc(C)c(OC)c3)c3c(N)ncnc32)c1F. The Kier molecular flexibility index (Phi) is 4.31. The Morgan fingerprint density at radius 3 is 2.75 bits per heavy atom. The van der Waals surface area contributed by atoms with Crippen LogP contribution in [0.25, 0.3) is 28.0 Å². The van der Waals surface area contributed by atoms with Crippen molar-refractivity contribution in [3.05, 3.63) is 54.1 Å². The van der Waals surface area contributed by atoms with Gasteiger partial charge in [-0.3, -0.25) is 0 Å². The number of nitrogen functional groups attached to an aromatic ring is 1. The predicted molar refractivity (Wildman–Crippen MR) is 107 cm³/mol.